The quantitative estimate of drug-likeness (QED) is 0.293. The zero-order valence-corrected chi connectivity index (χ0v) is 21.9. The highest BCUT2D eigenvalue weighted by atomic mass is 32.2. The highest BCUT2D eigenvalue weighted by Crippen LogP contribution is 2.20. The van der Waals surface area contributed by atoms with Gasteiger partial charge in [0.25, 0.3) is 0 Å². The molecule has 0 radical (unpaired) electrons. The Kier molecular flexibility index (Phi) is 11.0. The van der Waals surface area contributed by atoms with Crippen molar-refractivity contribution in [2.24, 2.45) is 0 Å². The first-order valence-corrected chi connectivity index (χ1v) is 13.6. The Bertz CT molecular complexity index is 1120. The Morgan fingerprint density at radius 2 is 1.61 bits per heavy atom. The first-order valence-electron chi connectivity index (χ1n) is 12.5. The molecule has 0 aliphatic carbocycles. The van der Waals surface area contributed by atoms with E-state index in [9.17, 15) is 14.0 Å². The molecule has 6 heteroatoms. The number of hydrogen-bond donors (Lipinski definition) is 1. The predicted molar refractivity (Wildman–Crippen MR) is 146 cm³/mol. The molecular formula is C30H35FN2O2S. The fraction of sp³-hybridized carbons (Fsp3) is 0.333. The van der Waals surface area contributed by atoms with Gasteiger partial charge in [-0.1, -0.05) is 86.1 Å². The molecule has 3 aromatic rings. The molecule has 0 fully saturated rings. The Morgan fingerprint density at radius 3 is 2.31 bits per heavy atom. The SMILES string of the molecule is CCCCNC(=O)C(Cc1ccccc1)N(Cc1ccccc1F)C(=O)CSCc1ccccc1C. The van der Waals surface area contributed by atoms with E-state index in [0.29, 0.717) is 24.3 Å². The van der Waals surface area contributed by atoms with Crippen molar-refractivity contribution in [2.75, 3.05) is 12.3 Å². The third-order valence-electron chi connectivity index (χ3n) is 6.14. The lowest BCUT2D eigenvalue weighted by atomic mass is 10.0. The number of benzene rings is 3. The largest absolute Gasteiger partial charge is 0.354 e. The van der Waals surface area contributed by atoms with Gasteiger partial charge in [0.1, 0.15) is 11.9 Å². The zero-order chi connectivity index (χ0) is 25.8. The van der Waals surface area contributed by atoms with Crippen molar-refractivity contribution < 1.29 is 14.0 Å². The van der Waals surface area contributed by atoms with E-state index < -0.39 is 6.04 Å². The molecular weight excluding hydrogens is 471 g/mol. The molecule has 2 amide bonds. The maximum Gasteiger partial charge on any atom is 0.243 e. The Morgan fingerprint density at radius 1 is 0.944 bits per heavy atom. The Balaban J connectivity index is 1.85. The van der Waals surface area contributed by atoms with E-state index in [4.69, 9.17) is 0 Å². The van der Waals surface area contributed by atoms with Crippen LogP contribution in [-0.2, 0) is 28.3 Å². The van der Waals surface area contributed by atoms with E-state index >= 15 is 0 Å². The summed E-state index contributed by atoms with van der Waals surface area (Å²) in [7, 11) is 0. The highest BCUT2D eigenvalue weighted by molar-refractivity contribution is 7.99. The van der Waals surface area contributed by atoms with Gasteiger partial charge in [0.05, 0.1) is 5.75 Å². The molecule has 0 aliphatic rings. The normalized spacial score (nSPS) is 11.6. The van der Waals surface area contributed by atoms with Crippen LogP contribution in [-0.4, -0.2) is 35.1 Å². The van der Waals surface area contributed by atoms with Crippen LogP contribution < -0.4 is 5.32 Å². The summed E-state index contributed by atoms with van der Waals surface area (Å²) in [5.41, 5.74) is 3.70. The van der Waals surface area contributed by atoms with Gasteiger partial charge < -0.3 is 10.2 Å². The summed E-state index contributed by atoms with van der Waals surface area (Å²) in [6, 6.07) is 23.5. The molecule has 1 N–H and O–H groups in total. The number of aryl methyl sites for hydroxylation is 1. The molecule has 0 heterocycles. The first kappa shape index (κ1) is 27.5. The summed E-state index contributed by atoms with van der Waals surface area (Å²) in [5.74, 6) is 0.130. The molecule has 0 saturated heterocycles. The first-order chi connectivity index (χ1) is 17.5. The summed E-state index contributed by atoms with van der Waals surface area (Å²) in [4.78, 5) is 28.5. The van der Waals surface area contributed by atoms with E-state index in [1.54, 1.807) is 23.1 Å². The van der Waals surface area contributed by atoms with Crippen LogP contribution in [0.15, 0.2) is 78.9 Å². The second kappa shape index (κ2) is 14.4. The molecule has 4 nitrogen and oxygen atoms in total. The van der Waals surface area contributed by atoms with Crippen LogP contribution in [0.5, 0.6) is 0 Å². The van der Waals surface area contributed by atoms with Gasteiger partial charge in [0.2, 0.25) is 11.8 Å². The van der Waals surface area contributed by atoms with Crippen molar-refractivity contribution in [1.82, 2.24) is 10.2 Å². The lowest BCUT2D eigenvalue weighted by molar-refractivity contribution is -0.139. The van der Waals surface area contributed by atoms with Gasteiger partial charge in [0, 0.05) is 30.8 Å². The summed E-state index contributed by atoms with van der Waals surface area (Å²) < 4.78 is 14.6. The number of rotatable bonds is 13. The van der Waals surface area contributed by atoms with E-state index in [2.05, 4.69) is 31.3 Å². The number of unbranched alkanes of at least 4 members (excludes halogenated alkanes) is 1. The average molecular weight is 507 g/mol. The molecule has 0 aromatic heterocycles. The maximum absolute atomic E-state index is 14.6. The molecule has 190 valence electrons. The fourth-order valence-corrected chi connectivity index (χ4v) is 4.96. The summed E-state index contributed by atoms with van der Waals surface area (Å²) >= 11 is 1.51. The summed E-state index contributed by atoms with van der Waals surface area (Å²) in [5, 5.41) is 3.00. The molecule has 3 aromatic carbocycles. The maximum atomic E-state index is 14.6. The van der Waals surface area contributed by atoms with Gasteiger partial charge >= 0.3 is 0 Å². The zero-order valence-electron chi connectivity index (χ0n) is 21.1. The second-order valence-corrected chi connectivity index (χ2v) is 9.87. The molecule has 0 saturated carbocycles. The minimum Gasteiger partial charge on any atom is -0.354 e. The number of carbonyl (C=O) groups excluding carboxylic acids is 2. The van der Waals surface area contributed by atoms with Crippen molar-refractivity contribution in [2.45, 2.75) is 51.4 Å². The highest BCUT2D eigenvalue weighted by Gasteiger charge is 2.30. The van der Waals surface area contributed by atoms with Crippen LogP contribution >= 0.6 is 11.8 Å². The summed E-state index contributed by atoms with van der Waals surface area (Å²) in [6.45, 7) is 4.70. The monoisotopic (exact) mass is 506 g/mol. The number of hydrogen-bond acceptors (Lipinski definition) is 3. The topological polar surface area (TPSA) is 49.4 Å². The van der Waals surface area contributed by atoms with Crippen molar-refractivity contribution in [3.05, 3.63) is 107 Å². The molecule has 36 heavy (non-hydrogen) atoms. The number of halogens is 1. The van der Waals surface area contributed by atoms with Crippen LogP contribution in [0, 0.1) is 12.7 Å². The van der Waals surface area contributed by atoms with Gasteiger partial charge in [0.15, 0.2) is 0 Å². The number of nitrogens with zero attached hydrogens (tertiary/aromatic N) is 1. The lowest BCUT2D eigenvalue weighted by Crippen LogP contribution is -2.51. The molecule has 1 unspecified atom stereocenters. The molecule has 0 aliphatic heterocycles. The van der Waals surface area contributed by atoms with Crippen molar-refractivity contribution >= 4 is 23.6 Å². The van der Waals surface area contributed by atoms with Gasteiger partial charge in [-0.15, -0.1) is 11.8 Å². The van der Waals surface area contributed by atoms with E-state index in [1.165, 1.54) is 29.0 Å². The number of nitrogens with one attached hydrogen (secondary N) is 1. The van der Waals surface area contributed by atoms with E-state index in [-0.39, 0.29) is 29.9 Å². The van der Waals surface area contributed by atoms with Crippen molar-refractivity contribution in [3.8, 4) is 0 Å². The third kappa shape index (κ3) is 8.23. The van der Waals surface area contributed by atoms with Crippen LogP contribution in [0.1, 0.15) is 42.0 Å². The molecule has 0 bridgehead atoms. The average Bonchev–Trinajstić information content (AvgIpc) is 2.89. The Hall–Kier alpha value is -3.12. The molecule has 3 rings (SSSR count). The smallest absolute Gasteiger partial charge is 0.243 e. The van der Waals surface area contributed by atoms with E-state index in [0.717, 1.165) is 18.4 Å². The third-order valence-corrected chi connectivity index (χ3v) is 7.11. The second-order valence-electron chi connectivity index (χ2n) is 8.88. The van der Waals surface area contributed by atoms with Crippen molar-refractivity contribution in [1.29, 1.82) is 0 Å². The predicted octanol–water partition coefficient (Wildman–Crippen LogP) is 5.92. The summed E-state index contributed by atoms with van der Waals surface area (Å²) in [6.07, 6.45) is 2.18. The Labute approximate surface area is 218 Å². The van der Waals surface area contributed by atoms with Crippen molar-refractivity contribution in [3.63, 3.8) is 0 Å². The molecule has 1 atom stereocenters. The van der Waals surface area contributed by atoms with E-state index in [1.807, 2.05) is 42.5 Å². The van der Waals surface area contributed by atoms with Gasteiger partial charge in [-0.05, 0) is 36.1 Å². The van der Waals surface area contributed by atoms with Gasteiger partial charge in [-0.3, -0.25) is 9.59 Å². The minimum atomic E-state index is -0.740. The van der Waals surface area contributed by atoms with Gasteiger partial charge in [-0.25, -0.2) is 4.39 Å². The minimum absolute atomic E-state index is 0.0368. The van der Waals surface area contributed by atoms with Gasteiger partial charge in [-0.2, -0.15) is 0 Å². The number of thioether (sulfide) groups is 1. The van der Waals surface area contributed by atoms with Crippen LogP contribution in [0.25, 0.3) is 0 Å². The van der Waals surface area contributed by atoms with Crippen LogP contribution in [0.3, 0.4) is 0 Å². The molecule has 0 spiro atoms. The standard InChI is InChI=1S/C30H35FN2O2S/c1-3-4-18-32-30(35)28(19-24-13-6-5-7-14-24)33(20-25-15-10-11-17-27(25)31)29(34)22-36-21-26-16-9-8-12-23(26)2/h5-17,28H,3-4,18-22H2,1-2H3,(H,32,35). The van der Waals surface area contributed by atoms with Crippen LogP contribution in [0.4, 0.5) is 4.39 Å². The number of carbonyl (C=O) groups is 2. The lowest BCUT2D eigenvalue weighted by Gasteiger charge is -2.31. The number of amides is 2. The fourth-order valence-electron chi connectivity index (χ4n) is 3.97. The van der Waals surface area contributed by atoms with Crippen LogP contribution in [0.2, 0.25) is 0 Å².